The zero-order chi connectivity index (χ0) is 65.5. The fourth-order valence-electron chi connectivity index (χ4n) is 23.0. The van der Waals surface area contributed by atoms with Crippen molar-refractivity contribution in [3.05, 3.63) is 11.6 Å². The lowest BCUT2D eigenvalue weighted by Gasteiger charge is -2.60. The van der Waals surface area contributed by atoms with Crippen LogP contribution >= 0.6 is 0 Å². The van der Waals surface area contributed by atoms with E-state index in [0.717, 1.165) is 38.5 Å². The normalized spacial score (nSPS) is 43.4. The predicted molar refractivity (Wildman–Crippen MR) is 322 cm³/mol. The Morgan fingerprint density at radius 1 is 0.478 bits per heavy atom. The van der Waals surface area contributed by atoms with E-state index in [-0.39, 0.29) is 188 Å². The first-order valence-corrected chi connectivity index (χ1v) is 33.6. The summed E-state index contributed by atoms with van der Waals surface area (Å²) in [5, 5.41) is 9.90. The second kappa shape index (κ2) is 24.9. The molecule has 0 saturated heterocycles. The number of rotatable bonds is 10. The van der Waals surface area contributed by atoms with Gasteiger partial charge in [-0.1, -0.05) is 53.2 Å². The molecule has 12 aliphatic rings. The van der Waals surface area contributed by atoms with Gasteiger partial charge in [0.15, 0.2) is 17.3 Å². The Morgan fingerprint density at radius 3 is 1.31 bits per heavy atom. The van der Waals surface area contributed by atoms with Crippen LogP contribution in [0.1, 0.15) is 204 Å². The molecule has 0 bridgehead atoms. The summed E-state index contributed by atoms with van der Waals surface area (Å²) in [6.45, 7) is 17.2. The summed E-state index contributed by atoms with van der Waals surface area (Å²) in [5.74, 6) is -1.22. The number of carbonyl (C=O) groups is 13. The van der Waals surface area contributed by atoms with Crippen molar-refractivity contribution in [1.82, 2.24) is 0 Å². The second-order valence-corrected chi connectivity index (χ2v) is 31.5. The first-order chi connectivity index (χ1) is 42.2. The van der Waals surface area contributed by atoms with Crippen molar-refractivity contribution in [3.8, 4) is 6.07 Å². The highest BCUT2D eigenvalue weighted by Gasteiger charge is 2.69. The van der Waals surface area contributed by atoms with Crippen LogP contribution in [-0.4, -0.2) is 102 Å². The summed E-state index contributed by atoms with van der Waals surface area (Å²) in [7, 11) is 0. The largest absolute Gasteiger partial charge is 0.462 e. The molecule has 0 unspecified atom stereocenters. The Morgan fingerprint density at radius 2 is 0.878 bits per heavy atom. The SMILES string of the molecule is CC(=O)OCC(=O)[C@H]1CC[C@H]2[C@@H]3CC=C4CC(=O)CC[C@]4(C)[C@H]3C(=O)C[C@]12C.CC(=O)OCC(=O)[C@H]1CC[C@H]2[C@@H]3C[C@@H](OC(C)=O)[C@H]4CC(=O)CC[C@]4(C)[C@H]3C(=O)C[C@]12C.CC(=O)OCC(=O)[C@H]1CC[C@H]2[C@@H]3C[C@H](C#N)[C@@H]4CC(=O)CC[C@]4(C)[C@H]3C(=O)C[C@]12C. The lowest BCUT2D eigenvalue weighted by Crippen LogP contribution is -2.61. The quantitative estimate of drug-likeness (QED) is 0.112. The van der Waals surface area contributed by atoms with Crippen molar-refractivity contribution < 1.29 is 81.3 Å². The van der Waals surface area contributed by atoms with Crippen molar-refractivity contribution in [2.75, 3.05) is 19.8 Å². The Balaban J connectivity index is 0.000000149. The molecule has 0 amide bonds. The molecule has 0 radical (unpaired) electrons. The van der Waals surface area contributed by atoms with Gasteiger partial charge in [-0.05, 0) is 151 Å². The molecule has 12 aliphatic carbocycles. The molecule has 0 aliphatic heterocycles. The van der Waals surface area contributed by atoms with Crippen molar-refractivity contribution in [2.45, 2.75) is 210 Å². The topological polar surface area (TPSA) is 283 Å². The molecule has 0 spiro atoms. The van der Waals surface area contributed by atoms with Crippen LogP contribution in [0.4, 0.5) is 0 Å². The van der Waals surface area contributed by atoms with Gasteiger partial charge in [-0.15, -0.1) is 0 Å². The number of nitrogens with zero attached hydrogens (tertiary/aromatic N) is 1. The molecular formula is C72H95NO17. The highest BCUT2D eigenvalue weighted by molar-refractivity contribution is 5.93. The minimum atomic E-state index is -0.486. The number of hydrogen-bond acceptors (Lipinski definition) is 18. The average Bonchev–Trinajstić information content (AvgIpc) is 1.34. The number of hydrogen-bond donors (Lipinski definition) is 0. The molecule has 0 aromatic carbocycles. The summed E-state index contributed by atoms with van der Waals surface area (Å²) in [4.78, 5) is 161. The van der Waals surface area contributed by atoms with Crippen molar-refractivity contribution in [2.24, 2.45) is 121 Å². The Bertz CT molecular complexity index is 3130. The number of nitriles is 1. The van der Waals surface area contributed by atoms with Crippen LogP contribution < -0.4 is 0 Å². The van der Waals surface area contributed by atoms with E-state index in [1.54, 1.807) is 0 Å². The van der Waals surface area contributed by atoms with E-state index in [0.29, 0.717) is 102 Å². The maximum absolute atomic E-state index is 13.7. The molecule has 0 aromatic heterocycles. The maximum atomic E-state index is 13.7. The number of allylic oxidation sites excluding steroid dienone is 2. The average molecular weight is 1250 g/mol. The summed E-state index contributed by atoms with van der Waals surface area (Å²) >= 11 is 0. The first-order valence-electron chi connectivity index (χ1n) is 33.6. The van der Waals surface area contributed by atoms with Gasteiger partial charge in [0.2, 0.25) is 0 Å². The van der Waals surface area contributed by atoms with Gasteiger partial charge < -0.3 is 18.9 Å². The van der Waals surface area contributed by atoms with Gasteiger partial charge in [-0.3, -0.25) is 62.3 Å². The number of esters is 4. The lowest BCUT2D eigenvalue weighted by molar-refractivity contribution is -0.188. The van der Waals surface area contributed by atoms with Crippen LogP contribution in [-0.2, 0) is 81.3 Å². The minimum Gasteiger partial charge on any atom is -0.462 e. The molecule has 490 valence electrons. The Hall–Kier alpha value is -5.86. The maximum Gasteiger partial charge on any atom is 0.303 e. The minimum absolute atomic E-state index is 0.0200. The lowest BCUT2D eigenvalue weighted by atomic mass is 9.42. The Kier molecular flexibility index (Phi) is 18.5. The van der Waals surface area contributed by atoms with Crippen LogP contribution in [0, 0.1) is 133 Å². The van der Waals surface area contributed by atoms with E-state index >= 15 is 0 Å². The number of ether oxygens (including phenoxy) is 4. The fraction of sp³-hybridized carbons (Fsp3) is 0.778. The van der Waals surface area contributed by atoms with E-state index in [4.69, 9.17) is 18.9 Å². The summed E-state index contributed by atoms with van der Waals surface area (Å²) in [6.07, 6.45) is 14.7. The van der Waals surface area contributed by atoms with Crippen LogP contribution in [0.25, 0.3) is 0 Å². The molecule has 11 fully saturated rings. The summed E-state index contributed by atoms with van der Waals surface area (Å²) < 4.78 is 20.6. The van der Waals surface area contributed by atoms with Gasteiger partial charge in [0, 0.05) is 127 Å². The zero-order valence-electron chi connectivity index (χ0n) is 54.7. The number of ketones is 9. The van der Waals surface area contributed by atoms with Crippen LogP contribution in [0.15, 0.2) is 11.6 Å². The molecule has 90 heavy (non-hydrogen) atoms. The molecule has 0 aromatic rings. The van der Waals surface area contributed by atoms with Crippen molar-refractivity contribution in [1.29, 1.82) is 5.26 Å². The number of carbonyl (C=O) groups excluding carboxylic acids is 13. The molecule has 0 N–H and O–H groups in total. The number of fused-ring (bicyclic) bond motifs is 15. The molecule has 0 heterocycles. The van der Waals surface area contributed by atoms with E-state index < -0.39 is 28.7 Å². The van der Waals surface area contributed by atoms with Crippen LogP contribution in [0.5, 0.6) is 0 Å². The van der Waals surface area contributed by atoms with E-state index in [1.165, 1.54) is 33.3 Å². The molecule has 18 heteroatoms. The Labute approximate surface area is 529 Å². The smallest absolute Gasteiger partial charge is 0.303 e. The molecular weight excluding hydrogens is 1150 g/mol. The standard InChI is InChI=1S/C25H34O7.C24H31NO5.C23H30O5/c1-13(26)31-12-21(30)18-6-5-17-16-10-22(32-14(2)27)19-9-15(28)7-8-24(19,3)23(16)20(29)11-25(17,18)4;1-13(26)30-12-21(29)18-5-4-17-16-8-14(11-25)19-9-15(27)6-7-23(19,2)22(16)20(28)10-24(17,18)3;1-13(24)28-12-20(27)18-7-6-17-16-5-4-14-10-15(25)8-9-22(14,2)21(16)19(26)11-23(17,18)3/h16-19,22-23H,5-12H2,1-4H3;14,16-19,22H,4-10,12H2,1-3H3;4,16-18,21H,5-12H2,1-3H3/t16-,17-,18+,19+,22+,23+,24-,25-;14-,16+,17+,18-,19+,22-,23+,24+;16-,17-,18+,21+,22-,23-/m010/s1. The second-order valence-electron chi connectivity index (χ2n) is 31.5. The third-order valence-corrected chi connectivity index (χ3v) is 26.9. The number of Topliss-reactive ketones (excluding diaryl/α,β-unsaturated/α-hetero) is 9. The highest BCUT2D eigenvalue weighted by Crippen LogP contribution is 2.70. The fourth-order valence-corrected chi connectivity index (χ4v) is 23.0. The monoisotopic (exact) mass is 1250 g/mol. The molecule has 12 rings (SSSR count). The van der Waals surface area contributed by atoms with E-state index in [2.05, 4.69) is 46.8 Å². The van der Waals surface area contributed by atoms with Gasteiger partial charge in [0.25, 0.3) is 0 Å². The van der Waals surface area contributed by atoms with Gasteiger partial charge >= 0.3 is 23.9 Å². The van der Waals surface area contributed by atoms with Gasteiger partial charge in [0.05, 0.1) is 12.0 Å². The van der Waals surface area contributed by atoms with E-state index in [9.17, 15) is 67.6 Å². The van der Waals surface area contributed by atoms with Crippen LogP contribution in [0.2, 0.25) is 0 Å². The predicted octanol–water partition coefficient (Wildman–Crippen LogP) is 9.79. The van der Waals surface area contributed by atoms with Gasteiger partial charge in [0.1, 0.15) is 60.6 Å². The first kappa shape index (κ1) is 67.0. The molecule has 11 saturated carbocycles. The third-order valence-electron chi connectivity index (χ3n) is 26.9. The molecule has 22 atom stereocenters. The third kappa shape index (κ3) is 11.6. The molecule has 18 nitrogen and oxygen atoms in total. The summed E-state index contributed by atoms with van der Waals surface area (Å²) in [6, 6.07) is 2.47. The summed E-state index contributed by atoms with van der Waals surface area (Å²) in [5.41, 5.74) is -0.989. The van der Waals surface area contributed by atoms with Gasteiger partial charge in [-0.25, -0.2) is 0 Å². The van der Waals surface area contributed by atoms with E-state index in [1.807, 2.05) is 6.92 Å². The zero-order valence-corrected chi connectivity index (χ0v) is 54.7. The van der Waals surface area contributed by atoms with Crippen LogP contribution in [0.3, 0.4) is 0 Å². The van der Waals surface area contributed by atoms with Crippen molar-refractivity contribution in [3.63, 3.8) is 0 Å². The van der Waals surface area contributed by atoms with Gasteiger partial charge in [-0.2, -0.15) is 5.26 Å². The highest BCUT2D eigenvalue weighted by atomic mass is 16.5. The van der Waals surface area contributed by atoms with Crippen molar-refractivity contribution >= 4 is 75.9 Å².